The predicted octanol–water partition coefficient (Wildman–Crippen LogP) is 3.77. The highest BCUT2D eigenvalue weighted by Crippen LogP contribution is 2.22. The molecule has 0 aliphatic carbocycles. The summed E-state index contributed by atoms with van der Waals surface area (Å²) in [6.07, 6.45) is 1.82. The molecule has 0 unspecified atom stereocenters. The first-order chi connectivity index (χ1) is 8.85. The van der Waals surface area contributed by atoms with Crippen molar-refractivity contribution in [1.29, 1.82) is 0 Å². The molecule has 3 aromatic rings. The molecule has 18 heavy (non-hydrogen) atoms. The molecule has 0 saturated heterocycles. The van der Waals surface area contributed by atoms with Gasteiger partial charge in [-0.3, -0.25) is 4.99 Å². The SMILES string of the molecule is C=Nc1cccc(Nc2ncc3sccc3n2)c1. The largest absolute Gasteiger partial charge is 0.324 e. The predicted molar refractivity (Wildman–Crippen MR) is 76.3 cm³/mol. The second kappa shape index (κ2) is 4.54. The van der Waals surface area contributed by atoms with Crippen molar-refractivity contribution in [3.05, 3.63) is 41.9 Å². The fraction of sp³-hybridized carbons (Fsp3) is 0. The topological polar surface area (TPSA) is 50.2 Å². The van der Waals surface area contributed by atoms with Crippen molar-refractivity contribution in [3.63, 3.8) is 0 Å². The monoisotopic (exact) mass is 254 g/mol. The molecule has 0 amide bonds. The van der Waals surface area contributed by atoms with Gasteiger partial charge in [-0.25, -0.2) is 9.97 Å². The van der Waals surface area contributed by atoms with Crippen LogP contribution in [0.15, 0.2) is 46.9 Å². The molecular formula is C13H10N4S. The Hall–Kier alpha value is -2.27. The Balaban J connectivity index is 1.92. The van der Waals surface area contributed by atoms with E-state index in [1.807, 2.05) is 41.9 Å². The van der Waals surface area contributed by atoms with Gasteiger partial charge in [-0.05, 0) is 36.4 Å². The summed E-state index contributed by atoms with van der Waals surface area (Å²) in [5, 5.41) is 5.16. The van der Waals surface area contributed by atoms with Crippen molar-refractivity contribution in [2.24, 2.45) is 4.99 Å². The molecule has 0 radical (unpaired) electrons. The average Bonchev–Trinajstić information content (AvgIpc) is 2.86. The molecule has 5 heteroatoms. The number of nitrogens with one attached hydrogen (secondary N) is 1. The van der Waals surface area contributed by atoms with E-state index in [9.17, 15) is 0 Å². The van der Waals surface area contributed by atoms with Crippen LogP contribution < -0.4 is 5.32 Å². The third-order valence-electron chi connectivity index (χ3n) is 2.49. The summed E-state index contributed by atoms with van der Waals surface area (Å²) >= 11 is 1.63. The average molecular weight is 254 g/mol. The van der Waals surface area contributed by atoms with Crippen molar-refractivity contribution in [3.8, 4) is 0 Å². The van der Waals surface area contributed by atoms with Crippen LogP contribution in [0.3, 0.4) is 0 Å². The summed E-state index contributed by atoms with van der Waals surface area (Å²) in [4.78, 5) is 12.6. The lowest BCUT2D eigenvalue weighted by atomic mass is 10.3. The molecule has 88 valence electrons. The van der Waals surface area contributed by atoms with E-state index in [0.717, 1.165) is 21.6 Å². The maximum Gasteiger partial charge on any atom is 0.227 e. The van der Waals surface area contributed by atoms with Gasteiger partial charge in [-0.1, -0.05) is 6.07 Å². The number of aliphatic imine (C=N–C) groups is 1. The van der Waals surface area contributed by atoms with E-state index in [1.165, 1.54) is 0 Å². The molecule has 0 bridgehead atoms. The highest BCUT2D eigenvalue weighted by Gasteiger charge is 2.01. The van der Waals surface area contributed by atoms with Crippen LogP contribution in [0.5, 0.6) is 0 Å². The first kappa shape index (κ1) is 10.9. The van der Waals surface area contributed by atoms with Gasteiger partial charge in [0.25, 0.3) is 0 Å². The maximum atomic E-state index is 4.43. The minimum atomic E-state index is 0.585. The first-order valence-electron chi connectivity index (χ1n) is 5.39. The van der Waals surface area contributed by atoms with Crippen LogP contribution in [0.4, 0.5) is 17.3 Å². The lowest BCUT2D eigenvalue weighted by molar-refractivity contribution is 1.22. The Bertz CT molecular complexity index is 705. The molecule has 1 N–H and O–H groups in total. The summed E-state index contributed by atoms with van der Waals surface area (Å²) in [5.41, 5.74) is 2.67. The second-order valence-corrected chi connectivity index (χ2v) is 4.64. The third kappa shape index (κ3) is 2.08. The number of hydrogen-bond donors (Lipinski definition) is 1. The van der Waals surface area contributed by atoms with Crippen molar-refractivity contribution < 1.29 is 0 Å². The zero-order valence-corrected chi connectivity index (χ0v) is 10.3. The second-order valence-electron chi connectivity index (χ2n) is 3.70. The van der Waals surface area contributed by atoms with E-state index in [1.54, 1.807) is 11.3 Å². The number of hydrogen-bond acceptors (Lipinski definition) is 5. The van der Waals surface area contributed by atoms with Crippen LogP contribution in [-0.2, 0) is 0 Å². The van der Waals surface area contributed by atoms with Gasteiger partial charge in [0, 0.05) is 5.69 Å². The van der Waals surface area contributed by atoms with Crippen LogP contribution in [0.1, 0.15) is 0 Å². The highest BCUT2D eigenvalue weighted by molar-refractivity contribution is 7.17. The summed E-state index contributed by atoms with van der Waals surface area (Å²) in [7, 11) is 0. The lowest BCUT2D eigenvalue weighted by Crippen LogP contribution is -1.95. The van der Waals surface area contributed by atoms with Crippen molar-refractivity contribution in [2.45, 2.75) is 0 Å². The van der Waals surface area contributed by atoms with Crippen LogP contribution in [-0.4, -0.2) is 16.7 Å². The molecule has 1 aromatic carbocycles. The van der Waals surface area contributed by atoms with Gasteiger partial charge in [0.2, 0.25) is 5.95 Å². The molecule has 0 fully saturated rings. The summed E-state index contributed by atoms with van der Waals surface area (Å²) in [6, 6.07) is 9.62. The number of nitrogens with zero attached hydrogens (tertiary/aromatic N) is 3. The van der Waals surface area contributed by atoms with E-state index in [4.69, 9.17) is 0 Å². The van der Waals surface area contributed by atoms with Crippen molar-refractivity contribution in [2.75, 3.05) is 5.32 Å². The van der Waals surface area contributed by atoms with Crippen LogP contribution in [0.25, 0.3) is 10.2 Å². The van der Waals surface area contributed by atoms with Gasteiger partial charge < -0.3 is 5.32 Å². The Labute approximate surface area is 108 Å². The van der Waals surface area contributed by atoms with Crippen LogP contribution in [0, 0.1) is 0 Å². The molecule has 0 atom stereocenters. The molecule has 0 aliphatic heterocycles. The standard InChI is InChI=1S/C13H10N4S/c1-14-9-3-2-4-10(7-9)16-13-15-8-12-11(17-13)5-6-18-12/h2-8H,1H2,(H,15,16,17). The van der Waals surface area contributed by atoms with Gasteiger partial charge in [-0.2, -0.15) is 0 Å². The molecule has 0 spiro atoms. The molecule has 3 rings (SSSR count). The normalized spacial score (nSPS) is 10.4. The summed E-state index contributed by atoms with van der Waals surface area (Å²) in [5.74, 6) is 0.585. The fourth-order valence-electron chi connectivity index (χ4n) is 1.64. The molecule has 0 aliphatic rings. The Morgan fingerprint density at radius 1 is 1.28 bits per heavy atom. The van der Waals surface area contributed by atoms with Gasteiger partial charge in [0.05, 0.1) is 22.1 Å². The molecule has 4 nitrogen and oxygen atoms in total. The van der Waals surface area contributed by atoms with Gasteiger partial charge in [-0.15, -0.1) is 11.3 Å². The van der Waals surface area contributed by atoms with Crippen LogP contribution in [0.2, 0.25) is 0 Å². The van der Waals surface area contributed by atoms with Gasteiger partial charge in [0.1, 0.15) is 0 Å². The van der Waals surface area contributed by atoms with E-state index < -0.39 is 0 Å². The summed E-state index contributed by atoms with van der Waals surface area (Å²) < 4.78 is 1.09. The first-order valence-corrected chi connectivity index (χ1v) is 6.27. The maximum absolute atomic E-state index is 4.43. The van der Waals surface area contributed by atoms with Crippen molar-refractivity contribution >= 4 is 45.6 Å². The van der Waals surface area contributed by atoms with Gasteiger partial charge in [0.15, 0.2) is 0 Å². The van der Waals surface area contributed by atoms with E-state index >= 15 is 0 Å². The zero-order valence-electron chi connectivity index (χ0n) is 9.50. The van der Waals surface area contributed by atoms with E-state index in [0.29, 0.717) is 5.95 Å². The number of aromatic nitrogens is 2. The minimum Gasteiger partial charge on any atom is -0.324 e. The number of thiophene rings is 1. The molecule has 0 saturated carbocycles. The van der Waals surface area contributed by atoms with Crippen molar-refractivity contribution in [1.82, 2.24) is 9.97 Å². The number of rotatable bonds is 3. The Morgan fingerprint density at radius 2 is 2.22 bits per heavy atom. The zero-order chi connectivity index (χ0) is 12.4. The number of fused-ring (bicyclic) bond motifs is 1. The summed E-state index contributed by atoms with van der Waals surface area (Å²) in [6.45, 7) is 3.51. The Kier molecular flexibility index (Phi) is 2.74. The third-order valence-corrected chi connectivity index (χ3v) is 3.33. The smallest absolute Gasteiger partial charge is 0.227 e. The highest BCUT2D eigenvalue weighted by atomic mass is 32.1. The fourth-order valence-corrected chi connectivity index (χ4v) is 2.33. The van der Waals surface area contributed by atoms with E-state index in [-0.39, 0.29) is 0 Å². The quantitative estimate of drug-likeness (QED) is 0.724. The number of benzene rings is 1. The minimum absolute atomic E-state index is 0.585. The molecular weight excluding hydrogens is 244 g/mol. The lowest BCUT2D eigenvalue weighted by Gasteiger charge is -2.04. The number of anilines is 2. The van der Waals surface area contributed by atoms with Crippen LogP contribution >= 0.6 is 11.3 Å². The van der Waals surface area contributed by atoms with Gasteiger partial charge >= 0.3 is 0 Å². The Morgan fingerprint density at radius 3 is 3.11 bits per heavy atom. The molecule has 2 aromatic heterocycles. The van der Waals surface area contributed by atoms with E-state index in [2.05, 4.69) is 27.0 Å². The molecule has 2 heterocycles.